The van der Waals surface area contributed by atoms with E-state index in [2.05, 4.69) is 10.3 Å². The summed E-state index contributed by atoms with van der Waals surface area (Å²) in [4.78, 5) is 16.8. The number of benzene rings is 1. The maximum atomic E-state index is 12.2. The van der Waals surface area contributed by atoms with Crippen LogP contribution in [0.15, 0.2) is 42.1 Å². The predicted molar refractivity (Wildman–Crippen MR) is 129 cm³/mol. The molecule has 1 fully saturated rings. The summed E-state index contributed by atoms with van der Waals surface area (Å²) in [7, 11) is 1.66. The summed E-state index contributed by atoms with van der Waals surface area (Å²) in [5.41, 5.74) is 10.7. The van der Waals surface area contributed by atoms with Crippen molar-refractivity contribution in [2.24, 2.45) is 11.6 Å². The molecular weight excluding hydrogens is 418 g/mol. The van der Waals surface area contributed by atoms with Crippen LogP contribution in [0, 0.1) is 13.8 Å². The van der Waals surface area contributed by atoms with E-state index in [-0.39, 0.29) is 19.3 Å². The average molecular weight is 454 g/mol. The monoisotopic (exact) mass is 453 g/mol. The van der Waals surface area contributed by atoms with E-state index >= 15 is 0 Å². The molecule has 1 heterocycles. The van der Waals surface area contributed by atoms with Gasteiger partial charge in [0, 0.05) is 7.05 Å². The van der Waals surface area contributed by atoms with Gasteiger partial charge in [0.25, 0.3) is 0 Å². The molecule has 0 saturated heterocycles. The van der Waals surface area contributed by atoms with Crippen molar-refractivity contribution in [2.75, 3.05) is 13.6 Å². The van der Waals surface area contributed by atoms with Gasteiger partial charge in [0.05, 0.1) is 35.4 Å². The third kappa shape index (κ3) is 7.12. The third-order valence-electron chi connectivity index (χ3n) is 5.75. The number of nitrogens with zero attached hydrogens (tertiary/aromatic N) is 2. The van der Waals surface area contributed by atoms with Crippen LogP contribution in [0.3, 0.4) is 0 Å². The lowest BCUT2D eigenvalue weighted by Gasteiger charge is -2.24. The van der Waals surface area contributed by atoms with Crippen molar-refractivity contribution in [1.29, 1.82) is 0 Å². The molecule has 0 radical (unpaired) electrons. The predicted octanol–water partition coefficient (Wildman–Crippen LogP) is 3.77. The van der Waals surface area contributed by atoms with Crippen LogP contribution >= 0.6 is 0 Å². The molecule has 1 aromatic heterocycles. The fourth-order valence-electron chi connectivity index (χ4n) is 3.90. The molecule has 178 valence electrons. The minimum Gasteiger partial charge on any atom is -0.489 e. The summed E-state index contributed by atoms with van der Waals surface area (Å²) >= 11 is 0. The van der Waals surface area contributed by atoms with Gasteiger partial charge < -0.3 is 25.5 Å². The average Bonchev–Trinajstić information content (AvgIpc) is 2.79. The number of hydrazine groups is 1. The molecule has 0 atom stereocenters. The number of amides is 1. The molecule has 8 nitrogen and oxygen atoms in total. The molecule has 2 aromatic rings. The quantitative estimate of drug-likeness (QED) is 0.411. The van der Waals surface area contributed by atoms with Crippen molar-refractivity contribution in [1.82, 2.24) is 15.3 Å². The Morgan fingerprint density at radius 1 is 1.18 bits per heavy atom. The van der Waals surface area contributed by atoms with Gasteiger partial charge in [-0.2, -0.15) is 0 Å². The Kier molecular flexibility index (Phi) is 8.54. The number of carbonyl (C=O) groups excluding carboxylic acids is 1. The summed E-state index contributed by atoms with van der Waals surface area (Å²) in [6, 6.07) is 11.5. The topological polar surface area (TPSA) is 116 Å². The number of aromatic nitrogens is 1. The summed E-state index contributed by atoms with van der Waals surface area (Å²) in [6.07, 6.45) is 5.55. The Hall–Kier alpha value is -3.26. The summed E-state index contributed by atoms with van der Waals surface area (Å²) < 4.78 is 11.5. The van der Waals surface area contributed by atoms with Crippen molar-refractivity contribution < 1.29 is 14.3 Å². The van der Waals surface area contributed by atoms with Gasteiger partial charge in [-0.15, -0.1) is 0 Å². The van der Waals surface area contributed by atoms with Crippen LogP contribution < -0.4 is 21.6 Å². The fourth-order valence-corrected chi connectivity index (χ4v) is 3.90. The van der Waals surface area contributed by atoms with Gasteiger partial charge in [0.1, 0.15) is 12.4 Å². The number of alkyl carbamates (subject to hydrolysis) is 1. The summed E-state index contributed by atoms with van der Waals surface area (Å²) in [5, 5.41) is 4.08. The first-order valence-corrected chi connectivity index (χ1v) is 11.4. The van der Waals surface area contributed by atoms with Crippen molar-refractivity contribution in [3.05, 3.63) is 64.6 Å². The lowest BCUT2D eigenvalue weighted by atomic mass is 9.98. The number of nitrogens with two attached hydrogens (primary N) is 2. The lowest BCUT2D eigenvalue weighted by Crippen LogP contribution is -2.36. The Morgan fingerprint density at radius 3 is 2.61 bits per heavy atom. The standard InChI is InChI=1S/C25H35N5O3/c1-17-8-7-9-19(14-17)16-32-25(31)28-15-22(30(3)27)24(26)21-12-13-23(18(2)29-21)33-20-10-5-4-6-11-20/h7-9,12-14,20H,4-6,10-11,15-16,26-27H2,1-3H3,(H,28,31)/b24-22-. The smallest absolute Gasteiger partial charge is 0.407 e. The zero-order chi connectivity index (χ0) is 23.8. The molecule has 0 bridgehead atoms. The van der Waals surface area contributed by atoms with Gasteiger partial charge in [-0.05, 0) is 57.2 Å². The minimum absolute atomic E-state index is 0.104. The highest BCUT2D eigenvalue weighted by atomic mass is 16.5. The van der Waals surface area contributed by atoms with Crippen molar-refractivity contribution in [2.45, 2.75) is 58.7 Å². The number of aryl methyl sites for hydroxylation is 2. The van der Waals surface area contributed by atoms with E-state index < -0.39 is 6.09 Å². The molecule has 8 heteroatoms. The highest BCUT2D eigenvalue weighted by Crippen LogP contribution is 2.26. The van der Waals surface area contributed by atoms with Gasteiger partial charge in [-0.3, -0.25) is 0 Å². The lowest BCUT2D eigenvalue weighted by molar-refractivity contribution is 0.140. The number of rotatable bonds is 8. The van der Waals surface area contributed by atoms with Gasteiger partial charge in [0.15, 0.2) is 0 Å². The van der Waals surface area contributed by atoms with Crippen LogP contribution in [-0.2, 0) is 11.3 Å². The molecule has 0 aliphatic heterocycles. The molecule has 3 rings (SSSR count). The molecule has 1 saturated carbocycles. The molecule has 1 aromatic carbocycles. The van der Waals surface area contributed by atoms with Crippen LogP contribution in [0.5, 0.6) is 5.75 Å². The first-order chi connectivity index (χ1) is 15.8. The molecule has 0 unspecified atom stereocenters. The molecule has 0 spiro atoms. The van der Waals surface area contributed by atoms with E-state index in [1.807, 2.05) is 50.2 Å². The number of pyridine rings is 1. The Balaban J connectivity index is 1.62. The van der Waals surface area contributed by atoms with Crippen molar-refractivity contribution >= 4 is 11.8 Å². The second-order valence-electron chi connectivity index (χ2n) is 8.55. The fraction of sp³-hybridized carbons (Fsp3) is 0.440. The first kappa shape index (κ1) is 24.4. The van der Waals surface area contributed by atoms with Crippen molar-refractivity contribution in [3.8, 4) is 5.75 Å². The Bertz CT molecular complexity index is 984. The van der Waals surface area contributed by atoms with E-state index in [1.54, 1.807) is 7.05 Å². The van der Waals surface area contributed by atoms with Crippen molar-refractivity contribution in [3.63, 3.8) is 0 Å². The minimum atomic E-state index is -0.552. The van der Waals surface area contributed by atoms with Crippen LogP contribution in [0.2, 0.25) is 0 Å². The van der Waals surface area contributed by atoms with Crippen LogP contribution in [0.4, 0.5) is 4.79 Å². The number of ether oxygens (including phenoxy) is 2. The largest absolute Gasteiger partial charge is 0.489 e. The normalized spacial score (nSPS) is 14.9. The molecule has 1 aliphatic rings. The number of carbonyl (C=O) groups is 1. The Labute approximate surface area is 195 Å². The van der Waals surface area contributed by atoms with Gasteiger partial charge in [-0.1, -0.05) is 36.2 Å². The summed E-state index contributed by atoms with van der Waals surface area (Å²) in [6.45, 7) is 4.18. The highest BCUT2D eigenvalue weighted by Gasteiger charge is 2.18. The van der Waals surface area contributed by atoms with E-state index in [0.717, 1.165) is 35.4 Å². The Morgan fingerprint density at radius 2 is 1.94 bits per heavy atom. The second kappa shape index (κ2) is 11.6. The second-order valence-corrected chi connectivity index (χ2v) is 8.55. The zero-order valence-electron chi connectivity index (χ0n) is 19.8. The first-order valence-electron chi connectivity index (χ1n) is 11.4. The number of hydrogen-bond donors (Lipinski definition) is 3. The third-order valence-corrected chi connectivity index (χ3v) is 5.75. The van der Waals surface area contributed by atoms with Crippen LogP contribution in [0.25, 0.3) is 5.70 Å². The van der Waals surface area contributed by atoms with E-state index in [9.17, 15) is 4.79 Å². The number of nitrogens with one attached hydrogen (secondary N) is 1. The zero-order valence-corrected chi connectivity index (χ0v) is 19.8. The molecule has 1 aliphatic carbocycles. The molecule has 33 heavy (non-hydrogen) atoms. The summed E-state index contributed by atoms with van der Waals surface area (Å²) in [5.74, 6) is 6.76. The number of likely N-dealkylation sites (N-methyl/N-ethyl adjacent to an activating group) is 1. The SMILES string of the molecule is Cc1cccc(COC(=O)NC/C(=C(/N)c2ccc(OC3CCCCC3)c(C)n2)N(C)N)c1. The number of hydrogen-bond acceptors (Lipinski definition) is 7. The molecule has 5 N–H and O–H groups in total. The van der Waals surface area contributed by atoms with E-state index in [4.69, 9.17) is 21.1 Å². The van der Waals surface area contributed by atoms with E-state index in [1.165, 1.54) is 24.3 Å². The van der Waals surface area contributed by atoms with Crippen LogP contribution in [0.1, 0.15) is 54.6 Å². The maximum absolute atomic E-state index is 12.2. The van der Waals surface area contributed by atoms with Gasteiger partial charge in [0.2, 0.25) is 0 Å². The van der Waals surface area contributed by atoms with Crippen LogP contribution in [-0.4, -0.2) is 35.8 Å². The van der Waals surface area contributed by atoms with Gasteiger partial charge >= 0.3 is 6.09 Å². The highest BCUT2D eigenvalue weighted by molar-refractivity contribution is 5.69. The van der Waals surface area contributed by atoms with E-state index in [0.29, 0.717) is 17.1 Å². The maximum Gasteiger partial charge on any atom is 0.407 e. The molecular formula is C25H35N5O3. The molecule has 1 amide bonds. The van der Waals surface area contributed by atoms with Gasteiger partial charge in [-0.25, -0.2) is 15.6 Å².